The summed E-state index contributed by atoms with van der Waals surface area (Å²) in [5.74, 6) is 0.681. The highest BCUT2D eigenvalue weighted by molar-refractivity contribution is 6.09. The summed E-state index contributed by atoms with van der Waals surface area (Å²) in [5, 5.41) is 7.92. The van der Waals surface area contributed by atoms with Gasteiger partial charge in [0.25, 0.3) is 5.91 Å². The summed E-state index contributed by atoms with van der Waals surface area (Å²) in [6, 6.07) is 7.78. The molecular formula is C16H21N3O2. The highest BCUT2D eigenvalue weighted by Crippen LogP contribution is 2.24. The van der Waals surface area contributed by atoms with Crippen molar-refractivity contribution in [2.45, 2.75) is 13.8 Å². The first-order valence-electron chi connectivity index (χ1n) is 7.25. The summed E-state index contributed by atoms with van der Waals surface area (Å²) >= 11 is 0. The zero-order valence-corrected chi connectivity index (χ0v) is 12.5. The van der Waals surface area contributed by atoms with Crippen LogP contribution >= 0.6 is 0 Å². The lowest BCUT2D eigenvalue weighted by Crippen LogP contribution is -2.27. The molecule has 1 aromatic carbocycles. The van der Waals surface area contributed by atoms with Gasteiger partial charge < -0.3 is 15.4 Å². The molecule has 0 fully saturated rings. The van der Waals surface area contributed by atoms with Gasteiger partial charge in [-0.15, -0.1) is 0 Å². The van der Waals surface area contributed by atoms with Crippen LogP contribution in [0, 0.1) is 0 Å². The van der Waals surface area contributed by atoms with Gasteiger partial charge in [-0.3, -0.25) is 4.79 Å². The third-order valence-electron chi connectivity index (χ3n) is 3.12. The van der Waals surface area contributed by atoms with E-state index in [4.69, 9.17) is 4.74 Å². The molecule has 0 spiro atoms. The van der Waals surface area contributed by atoms with Crippen LogP contribution in [0.5, 0.6) is 0 Å². The molecular weight excluding hydrogens is 266 g/mol. The van der Waals surface area contributed by atoms with Crippen molar-refractivity contribution in [2.24, 2.45) is 0 Å². The Morgan fingerprint density at radius 2 is 2.00 bits per heavy atom. The number of rotatable bonds is 7. The second-order valence-corrected chi connectivity index (χ2v) is 4.55. The molecule has 5 heteroatoms. The molecule has 0 unspecified atom stereocenters. The van der Waals surface area contributed by atoms with E-state index in [1.165, 1.54) is 0 Å². The molecule has 2 rings (SSSR count). The highest BCUT2D eigenvalue weighted by Gasteiger charge is 2.12. The van der Waals surface area contributed by atoms with Crippen molar-refractivity contribution in [2.75, 3.05) is 31.6 Å². The van der Waals surface area contributed by atoms with Crippen molar-refractivity contribution in [1.82, 2.24) is 10.3 Å². The van der Waals surface area contributed by atoms with Crippen LogP contribution in [0.1, 0.15) is 24.2 Å². The minimum Gasteiger partial charge on any atom is -0.380 e. The molecule has 5 nitrogen and oxygen atoms in total. The van der Waals surface area contributed by atoms with Crippen molar-refractivity contribution in [3.63, 3.8) is 0 Å². The lowest BCUT2D eigenvalue weighted by Gasteiger charge is -2.11. The van der Waals surface area contributed by atoms with Gasteiger partial charge in [-0.25, -0.2) is 4.98 Å². The first-order valence-corrected chi connectivity index (χ1v) is 7.25. The Hall–Kier alpha value is -2.14. The molecule has 1 amide bonds. The Labute approximate surface area is 124 Å². The number of ether oxygens (including phenoxy) is 1. The normalized spacial score (nSPS) is 10.6. The average molecular weight is 287 g/mol. The maximum atomic E-state index is 12.3. The summed E-state index contributed by atoms with van der Waals surface area (Å²) in [4.78, 5) is 16.6. The quantitative estimate of drug-likeness (QED) is 0.768. The Balaban J connectivity index is 2.24. The molecule has 21 heavy (non-hydrogen) atoms. The third-order valence-corrected chi connectivity index (χ3v) is 3.12. The van der Waals surface area contributed by atoms with Gasteiger partial charge in [0.15, 0.2) is 0 Å². The number of nitrogens with one attached hydrogen (secondary N) is 2. The summed E-state index contributed by atoms with van der Waals surface area (Å²) in [6.07, 6.45) is 1.62. The van der Waals surface area contributed by atoms with E-state index in [9.17, 15) is 4.79 Å². The summed E-state index contributed by atoms with van der Waals surface area (Å²) in [7, 11) is 0. The standard InChI is InChI=1S/C16H21N3O2/c1-3-17-15-13-8-6-5-7-12(13)14(11-19-15)16(20)18-9-10-21-4-2/h5-8,11H,3-4,9-10H2,1-2H3,(H,17,19)(H,18,20). The number of aromatic nitrogens is 1. The molecule has 0 radical (unpaired) electrons. The fraction of sp³-hybridized carbons (Fsp3) is 0.375. The van der Waals surface area contributed by atoms with E-state index >= 15 is 0 Å². The number of carbonyl (C=O) groups excluding carboxylic acids is 1. The van der Waals surface area contributed by atoms with Crippen LogP contribution in [-0.4, -0.2) is 37.2 Å². The highest BCUT2D eigenvalue weighted by atomic mass is 16.5. The number of amides is 1. The number of carbonyl (C=O) groups is 1. The fourth-order valence-electron chi connectivity index (χ4n) is 2.16. The van der Waals surface area contributed by atoms with Crippen molar-refractivity contribution < 1.29 is 9.53 Å². The van der Waals surface area contributed by atoms with Crippen LogP contribution in [0.3, 0.4) is 0 Å². The van der Waals surface area contributed by atoms with Gasteiger partial charge >= 0.3 is 0 Å². The third kappa shape index (κ3) is 3.70. The van der Waals surface area contributed by atoms with Crippen LogP contribution in [0.2, 0.25) is 0 Å². The van der Waals surface area contributed by atoms with Crippen LogP contribution in [0.25, 0.3) is 10.8 Å². The molecule has 1 aromatic heterocycles. The predicted octanol–water partition coefficient (Wildman–Crippen LogP) is 2.43. The summed E-state index contributed by atoms with van der Waals surface area (Å²) in [6.45, 7) is 6.40. The fourth-order valence-corrected chi connectivity index (χ4v) is 2.16. The van der Waals surface area contributed by atoms with E-state index in [1.54, 1.807) is 6.20 Å². The molecule has 2 N–H and O–H groups in total. The Bertz CT molecular complexity index is 613. The van der Waals surface area contributed by atoms with Crippen molar-refractivity contribution in [3.05, 3.63) is 36.0 Å². The molecule has 112 valence electrons. The maximum absolute atomic E-state index is 12.3. The van der Waals surface area contributed by atoms with Gasteiger partial charge in [0.2, 0.25) is 0 Å². The zero-order chi connectivity index (χ0) is 15.1. The van der Waals surface area contributed by atoms with E-state index < -0.39 is 0 Å². The van der Waals surface area contributed by atoms with Gasteiger partial charge in [0.1, 0.15) is 5.82 Å². The molecule has 0 aliphatic carbocycles. The number of hydrogen-bond donors (Lipinski definition) is 2. The predicted molar refractivity (Wildman–Crippen MR) is 84.7 cm³/mol. The molecule has 0 atom stereocenters. The van der Waals surface area contributed by atoms with Gasteiger partial charge in [-0.1, -0.05) is 24.3 Å². The van der Waals surface area contributed by atoms with Gasteiger partial charge in [0, 0.05) is 31.3 Å². The molecule has 1 heterocycles. The number of nitrogens with zero attached hydrogens (tertiary/aromatic N) is 1. The van der Waals surface area contributed by atoms with Crippen LogP contribution in [0.15, 0.2) is 30.5 Å². The molecule has 0 aliphatic heterocycles. The van der Waals surface area contributed by atoms with Crippen molar-refractivity contribution in [1.29, 1.82) is 0 Å². The molecule has 0 saturated heterocycles. The SMILES string of the molecule is CCNc1ncc(C(=O)NCCOCC)c2ccccc12. The van der Waals surface area contributed by atoms with E-state index in [0.29, 0.717) is 25.3 Å². The van der Waals surface area contributed by atoms with E-state index in [2.05, 4.69) is 15.6 Å². The maximum Gasteiger partial charge on any atom is 0.253 e. The molecule has 0 aliphatic rings. The summed E-state index contributed by atoms with van der Waals surface area (Å²) in [5.41, 5.74) is 0.587. The number of benzene rings is 1. The van der Waals surface area contributed by atoms with E-state index in [1.807, 2.05) is 38.1 Å². The summed E-state index contributed by atoms with van der Waals surface area (Å²) < 4.78 is 5.22. The smallest absolute Gasteiger partial charge is 0.253 e. The second kappa shape index (κ2) is 7.59. The molecule has 0 bridgehead atoms. The first kappa shape index (κ1) is 15.3. The largest absolute Gasteiger partial charge is 0.380 e. The Kier molecular flexibility index (Phi) is 5.51. The van der Waals surface area contributed by atoms with Gasteiger partial charge in [-0.2, -0.15) is 0 Å². The average Bonchev–Trinajstić information content (AvgIpc) is 2.52. The number of pyridine rings is 1. The molecule has 0 saturated carbocycles. The Morgan fingerprint density at radius 1 is 1.24 bits per heavy atom. The van der Waals surface area contributed by atoms with Gasteiger partial charge in [0.05, 0.1) is 12.2 Å². The number of anilines is 1. The lowest BCUT2D eigenvalue weighted by atomic mass is 10.1. The minimum atomic E-state index is -0.124. The second-order valence-electron chi connectivity index (χ2n) is 4.55. The number of hydrogen-bond acceptors (Lipinski definition) is 4. The zero-order valence-electron chi connectivity index (χ0n) is 12.5. The molecule has 2 aromatic rings. The van der Waals surface area contributed by atoms with Crippen LogP contribution < -0.4 is 10.6 Å². The van der Waals surface area contributed by atoms with Crippen LogP contribution in [-0.2, 0) is 4.74 Å². The Morgan fingerprint density at radius 3 is 2.71 bits per heavy atom. The van der Waals surface area contributed by atoms with Crippen LogP contribution in [0.4, 0.5) is 5.82 Å². The lowest BCUT2D eigenvalue weighted by molar-refractivity contribution is 0.0924. The van der Waals surface area contributed by atoms with E-state index in [-0.39, 0.29) is 5.91 Å². The van der Waals surface area contributed by atoms with Gasteiger partial charge in [-0.05, 0) is 19.2 Å². The van der Waals surface area contributed by atoms with Crippen molar-refractivity contribution >= 4 is 22.5 Å². The number of fused-ring (bicyclic) bond motifs is 1. The topological polar surface area (TPSA) is 63.2 Å². The van der Waals surface area contributed by atoms with E-state index in [0.717, 1.165) is 23.1 Å². The minimum absolute atomic E-state index is 0.124. The van der Waals surface area contributed by atoms with Crippen molar-refractivity contribution in [3.8, 4) is 0 Å². The first-order chi connectivity index (χ1) is 10.3. The monoisotopic (exact) mass is 287 g/mol.